The average molecular weight is 427 g/mol. The van der Waals surface area contributed by atoms with Crippen molar-refractivity contribution in [2.75, 3.05) is 12.4 Å². The molecule has 8 heteroatoms. The second kappa shape index (κ2) is 7.73. The molecule has 4 rings (SSSR count). The van der Waals surface area contributed by atoms with Gasteiger partial charge in [-0.3, -0.25) is 4.79 Å². The van der Waals surface area contributed by atoms with Crippen LogP contribution in [0.1, 0.15) is 15.9 Å². The van der Waals surface area contributed by atoms with Crippen molar-refractivity contribution in [3.05, 3.63) is 75.9 Å². The standard InChI is InChI=1S/C21H16Cl2N4O2/c1-12-3-4-13(18-11-27-19(24-18)7-8-20(26-27)29-2)9-17(12)25-21(28)15-6-5-14(22)10-16(15)23/h3-11H,1-2H3,(H,25,28). The van der Waals surface area contributed by atoms with Crippen LogP contribution in [0.25, 0.3) is 16.9 Å². The number of halogens is 2. The smallest absolute Gasteiger partial charge is 0.257 e. The first kappa shape index (κ1) is 19.2. The van der Waals surface area contributed by atoms with Gasteiger partial charge in [0.15, 0.2) is 5.65 Å². The van der Waals surface area contributed by atoms with Gasteiger partial charge in [-0.05, 0) is 42.8 Å². The largest absolute Gasteiger partial charge is 0.480 e. The third kappa shape index (κ3) is 3.90. The zero-order valence-electron chi connectivity index (χ0n) is 15.6. The van der Waals surface area contributed by atoms with Gasteiger partial charge in [-0.25, -0.2) is 9.50 Å². The number of fused-ring (bicyclic) bond motifs is 1. The summed E-state index contributed by atoms with van der Waals surface area (Å²) < 4.78 is 6.80. The number of ether oxygens (including phenoxy) is 1. The minimum Gasteiger partial charge on any atom is -0.480 e. The number of carbonyl (C=O) groups excluding carboxylic acids is 1. The second-order valence-corrected chi connectivity index (χ2v) is 7.26. The van der Waals surface area contributed by atoms with Crippen molar-refractivity contribution < 1.29 is 9.53 Å². The molecule has 2 aromatic carbocycles. The number of aryl methyl sites for hydroxylation is 1. The minimum atomic E-state index is -0.312. The van der Waals surface area contributed by atoms with Gasteiger partial charge >= 0.3 is 0 Å². The Hall–Kier alpha value is -3.09. The quantitative estimate of drug-likeness (QED) is 0.482. The van der Waals surface area contributed by atoms with Crippen LogP contribution in [0.3, 0.4) is 0 Å². The molecular weight excluding hydrogens is 411 g/mol. The molecule has 2 heterocycles. The summed E-state index contributed by atoms with van der Waals surface area (Å²) in [5.41, 5.74) is 4.20. The van der Waals surface area contributed by atoms with E-state index in [1.54, 1.807) is 35.9 Å². The van der Waals surface area contributed by atoms with Crippen LogP contribution >= 0.6 is 23.2 Å². The van der Waals surface area contributed by atoms with Crippen LogP contribution in [0.5, 0.6) is 5.88 Å². The molecule has 0 saturated carbocycles. The molecule has 6 nitrogen and oxygen atoms in total. The summed E-state index contributed by atoms with van der Waals surface area (Å²) in [5.74, 6) is 0.187. The van der Waals surface area contributed by atoms with E-state index in [4.69, 9.17) is 27.9 Å². The van der Waals surface area contributed by atoms with Gasteiger partial charge in [0.1, 0.15) is 0 Å². The Morgan fingerprint density at radius 2 is 1.93 bits per heavy atom. The molecule has 0 radical (unpaired) electrons. The van der Waals surface area contributed by atoms with Crippen molar-refractivity contribution in [2.45, 2.75) is 6.92 Å². The predicted molar refractivity (Wildman–Crippen MR) is 114 cm³/mol. The van der Waals surface area contributed by atoms with Crippen LogP contribution in [-0.2, 0) is 0 Å². The molecule has 1 N–H and O–H groups in total. The number of benzene rings is 2. The number of anilines is 1. The lowest BCUT2D eigenvalue weighted by atomic mass is 10.1. The molecule has 0 bridgehead atoms. The Labute approximate surface area is 177 Å². The number of methoxy groups -OCH3 is 1. The van der Waals surface area contributed by atoms with Crippen molar-refractivity contribution in [1.82, 2.24) is 14.6 Å². The van der Waals surface area contributed by atoms with Gasteiger partial charge in [-0.1, -0.05) is 35.3 Å². The van der Waals surface area contributed by atoms with E-state index in [1.807, 2.05) is 37.4 Å². The number of amides is 1. The van der Waals surface area contributed by atoms with Crippen molar-refractivity contribution in [1.29, 1.82) is 0 Å². The molecule has 146 valence electrons. The second-order valence-electron chi connectivity index (χ2n) is 6.41. The highest BCUT2D eigenvalue weighted by molar-refractivity contribution is 6.37. The highest BCUT2D eigenvalue weighted by Gasteiger charge is 2.14. The molecule has 0 aliphatic rings. The number of carbonyl (C=O) groups is 1. The summed E-state index contributed by atoms with van der Waals surface area (Å²) in [4.78, 5) is 17.3. The van der Waals surface area contributed by atoms with Gasteiger partial charge in [0.2, 0.25) is 5.88 Å². The molecule has 29 heavy (non-hydrogen) atoms. The summed E-state index contributed by atoms with van der Waals surface area (Å²) in [6, 6.07) is 14.1. The van der Waals surface area contributed by atoms with Gasteiger partial charge in [0.25, 0.3) is 5.91 Å². The maximum atomic E-state index is 12.7. The Bertz CT molecular complexity index is 1240. The highest BCUT2D eigenvalue weighted by atomic mass is 35.5. The Kier molecular flexibility index (Phi) is 5.13. The molecule has 0 saturated heterocycles. The number of aromatic nitrogens is 3. The van der Waals surface area contributed by atoms with E-state index in [9.17, 15) is 4.79 Å². The SMILES string of the molecule is COc1ccc2nc(-c3ccc(C)c(NC(=O)c4ccc(Cl)cc4Cl)c3)cn2n1. The Morgan fingerprint density at radius 1 is 1.10 bits per heavy atom. The first-order valence-electron chi connectivity index (χ1n) is 8.72. The Morgan fingerprint density at radius 3 is 2.69 bits per heavy atom. The zero-order valence-corrected chi connectivity index (χ0v) is 17.1. The summed E-state index contributed by atoms with van der Waals surface area (Å²) in [5, 5.41) is 8.00. The number of nitrogens with zero attached hydrogens (tertiary/aromatic N) is 3. The molecule has 2 aromatic heterocycles. The van der Waals surface area contributed by atoms with Crippen molar-refractivity contribution in [2.24, 2.45) is 0 Å². The average Bonchev–Trinajstić information content (AvgIpc) is 3.12. The molecule has 0 aliphatic heterocycles. The maximum absolute atomic E-state index is 12.7. The fourth-order valence-corrected chi connectivity index (χ4v) is 3.39. The van der Waals surface area contributed by atoms with Crippen LogP contribution in [0.15, 0.2) is 54.7 Å². The fraction of sp³-hybridized carbons (Fsp3) is 0.0952. The van der Waals surface area contributed by atoms with Gasteiger partial charge < -0.3 is 10.1 Å². The normalized spacial score (nSPS) is 10.9. The molecular formula is C21H16Cl2N4O2. The summed E-state index contributed by atoms with van der Waals surface area (Å²) in [7, 11) is 1.56. The topological polar surface area (TPSA) is 68.5 Å². The first-order valence-corrected chi connectivity index (χ1v) is 9.48. The van der Waals surface area contributed by atoms with Gasteiger partial charge in [0.05, 0.1) is 29.6 Å². The maximum Gasteiger partial charge on any atom is 0.257 e. The van der Waals surface area contributed by atoms with Crippen LogP contribution in [-0.4, -0.2) is 27.6 Å². The number of rotatable bonds is 4. The first-order chi connectivity index (χ1) is 13.9. The van der Waals surface area contributed by atoms with E-state index in [0.29, 0.717) is 32.8 Å². The lowest BCUT2D eigenvalue weighted by Crippen LogP contribution is -2.13. The molecule has 1 amide bonds. The van der Waals surface area contributed by atoms with E-state index in [0.717, 1.165) is 16.8 Å². The van der Waals surface area contributed by atoms with Crippen molar-refractivity contribution >= 4 is 40.4 Å². The Balaban J connectivity index is 1.66. The van der Waals surface area contributed by atoms with Gasteiger partial charge in [-0.2, -0.15) is 0 Å². The van der Waals surface area contributed by atoms with E-state index < -0.39 is 0 Å². The van der Waals surface area contributed by atoms with E-state index in [-0.39, 0.29) is 5.91 Å². The number of nitrogens with one attached hydrogen (secondary N) is 1. The van der Waals surface area contributed by atoms with Crippen LogP contribution in [0.2, 0.25) is 10.0 Å². The van der Waals surface area contributed by atoms with E-state index in [2.05, 4.69) is 15.4 Å². The number of hydrogen-bond donors (Lipinski definition) is 1. The lowest BCUT2D eigenvalue weighted by molar-refractivity contribution is 0.102. The van der Waals surface area contributed by atoms with Crippen molar-refractivity contribution in [3.63, 3.8) is 0 Å². The lowest BCUT2D eigenvalue weighted by Gasteiger charge is -2.11. The molecule has 0 unspecified atom stereocenters. The van der Waals surface area contributed by atoms with Gasteiger partial charge in [0, 0.05) is 22.3 Å². The molecule has 0 spiro atoms. The monoisotopic (exact) mass is 426 g/mol. The molecule has 4 aromatic rings. The predicted octanol–water partition coefficient (Wildman–Crippen LogP) is 5.27. The number of hydrogen-bond acceptors (Lipinski definition) is 4. The fourth-order valence-electron chi connectivity index (χ4n) is 2.89. The van der Waals surface area contributed by atoms with Crippen LogP contribution in [0.4, 0.5) is 5.69 Å². The minimum absolute atomic E-state index is 0.296. The molecule has 0 fully saturated rings. The van der Waals surface area contributed by atoms with E-state index in [1.165, 1.54) is 0 Å². The summed E-state index contributed by atoms with van der Waals surface area (Å²) in [6.07, 6.45) is 1.81. The summed E-state index contributed by atoms with van der Waals surface area (Å²) >= 11 is 12.1. The van der Waals surface area contributed by atoms with Crippen LogP contribution in [0, 0.1) is 6.92 Å². The molecule has 0 atom stereocenters. The highest BCUT2D eigenvalue weighted by Crippen LogP contribution is 2.27. The van der Waals surface area contributed by atoms with Gasteiger partial charge in [-0.15, -0.1) is 5.10 Å². The van der Waals surface area contributed by atoms with E-state index >= 15 is 0 Å². The third-order valence-electron chi connectivity index (χ3n) is 4.46. The summed E-state index contributed by atoms with van der Waals surface area (Å²) in [6.45, 7) is 1.92. The van der Waals surface area contributed by atoms with Crippen molar-refractivity contribution in [3.8, 4) is 17.1 Å². The third-order valence-corrected chi connectivity index (χ3v) is 5.01. The number of imidazole rings is 1. The van der Waals surface area contributed by atoms with Crippen LogP contribution < -0.4 is 10.1 Å². The zero-order chi connectivity index (χ0) is 20.5. The molecule has 0 aliphatic carbocycles.